The number of carbonyl (C=O) groups excluding carboxylic acids is 1. The van der Waals surface area contributed by atoms with Gasteiger partial charge in [-0.15, -0.1) is 11.8 Å². The number of ketones is 1. The second-order valence-electron chi connectivity index (χ2n) is 7.16. The van der Waals surface area contributed by atoms with E-state index < -0.39 is 0 Å². The molecule has 4 rings (SSSR count). The number of hydrogen-bond acceptors (Lipinski definition) is 3. The third-order valence-electron chi connectivity index (χ3n) is 5.15. The maximum Gasteiger partial charge on any atom is 0.167 e. The average molecular weight is 390 g/mol. The maximum absolute atomic E-state index is 13.2. The smallest absolute Gasteiger partial charge is 0.167 e. The lowest BCUT2D eigenvalue weighted by Gasteiger charge is -2.39. The monoisotopic (exact) mass is 389 g/mol. The lowest BCUT2D eigenvalue weighted by atomic mass is 9.69. The molecule has 0 saturated heterocycles. The number of halogens is 1. The number of Topliss-reactive ketones (excluding diaryl/α,β-unsaturated/α-hetero) is 1. The van der Waals surface area contributed by atoms with Crippen LogP contribution in [0.25, 0.3) is 0 Å². The van der Waals surface area contributed by atoms with E-state index in [2.05, 4.69) is 59.4 Å². The largest absolute Gasteiger partial charge is 0.361 e. The summed E-state index contributed by atoms with van der Waals surface area (Å²) in [6.45, 7) is 4.17. The number of dihydropyridines is 1. The van der Waals surface area contributed by atoms with Gasteiger partial charge in [-0.25, -0.2) is 0 Å². The van der Waals surface area contributed by atoms with Gasteiger partial charge in [0.1, 0.15) is 0 Å². The first kappa shape index (κ1) is 15.5. The summed E-state index contributed by atoms with van der Waals surface area (Å²) < 4.78 is 1.08. The number of rotatable bonds is 1. The Labute approximate surface area is 149 Å². The Morgan fingerprint density at radius 3 is 2.65 bits per heavy atom. The van der Waals surface area contributed by atoms with Crippen LogP contribution in [0.2, 0.25) is 0 Å². The van der Waals surface area contributed by atoms with E-state index in [1.165, 1.54) is 21.9 Å². The molecule has 0 spiro atoms. The minimum Gasteiger partial charge on any atom is -0.361 e. The summed E-state index contributed by atoms with van der Waals surface area (Å²) in [5.74, 6) is 1.55. The van der Waals surface area contributed by atoms with E-state index in [0.29, 0.717) is 5.78 Å². The highest BCUT2D eigenvalue weighted by atomic mass is 79.9. The second-order valence-corrected chi connectivity index (χ2v) is 9.21. The van der Waals surface area contributed by atoms with Gasteiger partial charge < -0.3 is 5.32 Å². The lowest BCUT2D eigenvalue weighted by Crippen LogP contribution is -2.38. The van der Waals surface area contributed by atoms with Crippen molar-refractivity contribution in [3.05, 3.63) is 56.2 Å². The molecule has 2 heterocycles. The first-order chi connectivity index (χ1) is 11.0. The Bertz CT molecular complexity index is 745. The van der Waals surface area contributed by atoms with Crippen LogP contribution in [0.15, 0.2) is 50.6 Å². The summed E-state index contributed by atoms with van der Waals surface area (Å²) in [5.41, 5.74) is 4.50. The maximum atomic E-state index is 13.2. The molecule has 1 unspecified atom stereocenters. The molecule has 1 aliphatic carbocycles. The van der Waals surface area contributed by atoms with Crippen molar-refractivity contribution in [3.63, 3.8) is 0 Å². The summed E-state index contributed by atoms with van der Waals surface area (Å²) in [5, 5.41) is 3.60. The van der Waals surface area contributed by atoms with Crippen LogP contribution in [0.5, 0.6) is 0 Å². The van der Waals surface area contributed by atoms with Crippen LogP contribution >= 0.6 is 27.7 Å². The van der Waals surface area contributed by atoms with Crippen molar-refractivity contribution in [2.75, 3.05) is 5.75 Å². The van der Waals surface area contributed by atoms with Crippen LogP contribution in [-0.2, 0) is 4.79 Å². The van der Waals surface area contributed by atoms with E-state index in [-0.39, 0.29) is 11.3 Å². The number of hydrogen-bond donors (Lipinski definition) is 1. The fourth-order valence-corrected chi connectivity index (χ4v) is 5.30. The third kappa shape index (κ3) is 2.51. The predicted molar refractivity (Wildman–Crippen MR) is 99.2 cm³/mol. The fourth-order valence-electron chi connectivity index (χ4n) is 3.76. The van der Waals surface area contributed by atoms with Crippen molar-refractivity contribution in [2.24, 2.45) is 5.41 Å². The number of allylic oxidation sites excluding steroid dienone is 4. The van der Waals surface area contributed by atoms with E-state index in [9.17, 15) is 4.79 Å². The molecule has 3 aliphatic rings. The van der Waals surface area contributed by atoms with Crippen LogP contribution in [0.1, 0.15) is 44.6 Å². The molecule has 23 heavy (non-hydrogen) atoms. The highest BCUT2D eigenvalue weighted by Gasteiger charge is 2.44. The highest BCUT2D eigenvalue weighted by molar-refractivity contribution is 9.10. The molecule has 1 aromatic carbocycles. The summed E-state index contributed by atoms with van der Waals surface area (Å²) in [4.78, 5) is 14.5. The zero-order valence-corrected chi connectivity index (χ0v) is 15.8. The quantitative estimate of drug-likeness (QED) is 0.721. The normalized spacial score (nSPS) is 26.0. The van der Waals surface area contributed by atoms with Gasteiger partial charge in [0.25, 0.3) is 0 Å². The fraction of sp³-hybridized carbons (Fsp3) is 0.421. The van der Waals surface area contributed by atoms with Crippen molar-refractivity contribution < 1.29 is 4.79 Å². The van der Waals surface area contributed by atoms with Gasteiger partial charge in [0, 0.05) is 43.4 Å². The number of benzene rings is 1. The molecule has 0 fully saturated rings. The van der Waals surface area contributed by atoms with Crippen molar-refractivity contribution in [3.8, 4) is 0 Å². The Morgan fingerprint density at radius 1 is 1.17 bits per heavy atom. The van der Waals surface area contributed by atoms with Crippen LogP contribution in [0.3, 0.4) is 0 Å². The van der Waals surface area contributed by atoms with Gasteiger partial charge in [0.05, 0.1) is 0 Å². The lowest BCUT2D eigenvalue weighted by molar-refractivity contribution is -0.124. The SMILES string of the molecule is CC1(C)CCC2=C(C1=O)C(c1ccc(Br)cc1)C1=C(CCS1)N2. The zero-order valence-electron chi connectivity index (χ0n) is 13.4. The van der Waals surface area contributed by atoms with Gasteiger partial charge in [-0.1, -0.05) is 41.9 Å². The highest BCUT2D eigenvalue weighted by Crippen LogP contribution is 2.52. The third-order valence-corrected chi connectivity index (χ3v) is 6.88. The van der Waals surface area contributed by atoms with E-state index in [1.54, 1.807) is 0 Å². The first-order valence-electron chi connectivity index (χ1n) is 8.13. The first-order valence-corrected chi connectivity index (χ1v) is 9.91. The molecule has 4 heteroatoms. The summed E-state index contributed by atoms with van der Waals surface area (Å²) in [6, 6.07) is 8.47. The minimum absolute atomic E-state index is 0.119. The molecular formula is C19H20BrNOS. The van der Waals surface area contributed by atoms with E-state index in [4.69, 9.17) is 0 Å². The van der Waals surface area contributed by atoms with Gasteiger partial charge in [-0.05, 0) is 37.0 Å². The Hall–Kier alpha value is -1.00. The summed E-state index contributed by atoms with van der Waals surface area (Å²) >= 11 is 5.43. The standard InChI is InChI=1S/C19H20BrNOS/c1-19(2)9-7-13-16(18(19)22)15(11-3-5-12(20)6-4-11)17-14(21-13)8-10-23-17/h3-6,15,21H,7-10H2,1-2H3. The molecule has 0 radical (unpaired) electrons. The predicted octanol–water partition coefficient (Wildman–Crippen LogP) is 5.13. The Balaban J connectivity index is 1.87. The summed E-state index contributed by atoms with van der Waals surface area (Å²) in [6.07, 6.45) is 2.99. The van der Waals surface area contributed by atoms with Crippen LogP contribution < -0.4 is 5.32 Å². The topological polar surface area (TPSA) is 29.1 Å². The number of carbonyl (C=O) groups is 1. The van der Waals surface area contributed by atoms with Crippen molar-refractivity contribution in [1.82, 2.24) is 5.32 Å². The minimum atomic E-state index is -0.255. The number of thioether (sulfide) groups is 1. The number of nitrogens with one attached hydrogen (secondary N) is 1. The van der Waals surface area contributed by atoms with E-state index >= 15 is 0 Å². The summed E-state index contributed by atoms with van der Waals surface area (Å²) in [7, 11) is 0. The molecule has 0 saturated carbocycles. The molecule has 0 aromatic heterocycles. The zero-order chi connectivity index (χ0) is 16.2. The van der Waals surface area contributed by atoms with E-state index in [0.717, 1.165) is 35.1 Å². The molecule has 2 aliphatic heterocycles. The molecular weight excluding hydrogens is 370 g/mol. The van der Waals surface area contributed by atoms with Gasteiger partial charge in [0.15, 0.2) is 5.78 Å². The molecule has 0 amide bonds. The molecule has 1 N–H and O–H groups in total. The van der Waals surface area contributed by atoms with Crippen molar-refractivity contribution in [1.29, 1.82) is 0 Å². The molecule has 1 atom stereocenters. The van der Waals surface area contributed by atoms with Crippen molar-refractivity contribution >= 4 is 33.5 Å². The van der Waals surface area contributed by atoms with E-state index in [1.807, 2.05) is 11.8 Å². The van der Waals surface area contributed by atoms with Crippen LogP contribution in [0, 0.1) is 5.41 Å². The van der Waals surface area contributed by atoms with Gasteiger partial charge in [-0.2, -0.15) is 0 Å². The van der Waals surface area contributed by atoms with Gasteiger partial charge in [0.2, 0.25) is 0 Å². The van der Waals surface area contributed by atoms with Crippen LogP contribution in [0.4, 0.5) is 0 Å². The molecule has 2 nitrogen and oxygen atoms in total. The van der Waals surface area contributed by atoms with Crippen LogP contribution in [-0.4, -0.2) is 11.5 Å². The van der Waals surface area contributed by atoms with Gasteiger partial charge >= 0.3 is 0 Å². The molecule has 120 valence electrons. The second kappa shape index (κ2) is 5.52. The average Bonchev–Trinajstić information content (AvgIpc) is 2.98. The Morgan fingerprint density at radius 2 is 1.91 bits per heavy atom. The Kier molecular flexibility index (Phi) is 3.73. The molecule has 1 aromatic rings. The van der Waals surface area contributed by atoms with Gasteiger partial charge in [-0.3, -0.25) is 4.79 Å². The van der Waals surface area contributed by atoms with Crippen molar-refractivity contribution in [2.45, 2.75) is 39.0 Å². The molecule has 0 bridgehead atoms.